The predicted octanol–water partition coefficient (Wildman–Crippen LogP) is 1.71. The molecule has 2 aromatic rings. The normalized spacial score (nSPS) is 10.8. The number of benzene rings is 1. The Bertz CT molecular complexity index is 726. The number of aromatic nitrogens is 2. The molecule has 0 radical (unpaired) electrons. The van der Waals surface area contributed by atoms with Crippen molar-refractivity contribution in [2.75, 3.05) is 18.9 Å². The molecule has 2 rings (SSSR count). The van der Waals surface area contributed by atoms with E-state index in [0.29, 0.717) is 6.54 Å². The van der Waals surface area contributed by atoms with Crippen molar-refractivity contribution in [2.45, 2.75) is 13.5 Å². The highest BCUT2D eigenvalue weighted by molar-refractivity contribution is 5.94. The van der Waals surface area contributed by atoms with Gasteiger partial charge in [0, 0.05) is 31.4 Å². The summed E-state index contributed by atoms with van der Waals surface area (Å²) in [5, 5.41) is 17.8. The molecule has 1 amide bonds. The zero-order chi connectivity index (χ0) is 17.0. The average Bonchev–Trinajstić information content (AvgIpc) is 2.76. The molecule has 0 saturated heterocycles. The smallest absolute Gasteiger partial charge is 0.292 e. The number of anilines is 1. The van der Waals surface area contributed by atoms with Gasteiger partial charge in [-0.25, -0.2) is 0 Å². The molecule has 0 aliphatic carbocycles. The molecule has 1 aromatic heterocycles. The van der Waals surface area contributed by atoms with Gasteiger partial charge in [-0.2, -0.15) is 5.10 Å². The van der Waals surface area contributed by atoms with Crippen molar-refractivity contribution >= 4 is 17.3 Å². The third kappa shape index (κ3) is 4.36. The Balaban J connectivity index is 1.97. The largest absolute Gasteiger partial charge is 0.319 e. The number of carbonyl (C=O) groups excluding carboxylic acids is 1. The summed E-state index contributed by atoms with van der Waals surface area (Å²) in [6.45, 7) is 2.61. The van der Waals surface area contributed by atoms with E-state index in [1.807, 2.05) is 32.1 Å². The number of carbonyl (C=O) groups is 1. The van der Waals surface area contributed by atoms with Crippen LogP contribution in [0.1, 0.15) is 11.3 Å². The van der Waals surface area contributed by atoms with Crippen molar-refractivity contribution in [3.63, 3.8) is 0 Å². The fourth-order valence-electron chi connectivity index (χ4n) is 2.32. The zero-order valence-electron chi connectivity index (χ0n) is 13.3. The van der Waals surface area contributed by atoms with Crippen molar-refractivity contribution in [3.05, 3.63) is 51.8 Å². The fraction of sp³-hybridized carbons (Fsp3) is 0.333. The van der Waals surface area contributed by atoms with Gasteiger partial charge < -0.3 is 5.32 Å². The lowest BCUT2D eigenvalue weighted by Crippen LogP contribution is -2.30. The fourth-order valence-corrected chi connectivity index (χ4v) is 2.32. The summed E-state index contributed by atoms with van der Waals surface area (Å²) in [6.07, 6.45) is 1.91. The SMILES string of the molecule is Cc1nn(C)cc1CN(C)CC(=O)Nc1ccccc1[N+](=O)[O-]. The van der Waals surface area contributed by atoms with Crippen LogP contribution in [0.15, 0.2) is 30.5 Å². The first kappa shape index (κ1) is 16.6. The second kappa shape index (κ2) is 7.01. The summed E-state index contributed by atoms with van der Waals surface area (Å²) >= 11 is 0. The lowest BCUT2D eigenvalue weighted by Gasteiger charge is -2.15. The van der Waals surface area contributed by atoms with Crippen LogP contribution in [0.5, 0.6) is 0 Å². The average molecular weight is 317 g/mol. The molecule has 0 aliphatic heterocycles. The van der Waals surface area contributed by atoms with Crippen molar-refractivity contribution in [1.29, 1.82) is 0 Å². The molecule has 8 nitrogen and oxygen atoms in total. The number of nitrogens with one attached hydrogen (secondary N) is 1. The molecule has 8 heteroatoms. The second-order valence-corrected chi connectivity index (χ2v) is 5.41. The van der Waals surface area contributed by atoms with Crippen LogP contribution < -0.4 is 5.32 Å². The quantitative estimate of drug-likeness (QED) is 0.646. The van der Waals surface area contributed by atoms with Crippen LogP contribution in [0, 0.1) is 17.0 Å². The molecule has 122 valence electrons. The molecule has 0 atom stereocenters. The highest BCUT2D eigenvalue weighted by Gasteiger charge is 2.16. The van der Waals surface area contributed by atoms with Crippen molar-refractivity contribution in [2.24, 2.45) is 7.05 Å². The lowest BCUT2D eigenvalue weighted by atomic mass is 10.2. The molecular weight excluding hydrogens is 298 g/mol. The molecule has 0 unspecified atom stereocenters. The highest BCUT2D eigenvalue weighted by atomic mass is 16.6. The number of aryl methyl sites for hydroxylation is 2. The maximum absolute atomic E-state index is 12.1. The van der Waals surface area contributed by atoms with Crippen LogP contribution in [0.2, 0.25) is 0 Å². The van der Waals surface area contributed by atoms with E-state index in [1.54, 1.807) is 16.8 Å². The zero-order valence-corrected chi connectivity index (χ0v) is 13.3. The maximum atomic E-state index is 12.1. The minimum atomic E-state index is -0.516. The third-order valence-corrected chi connectivity index (χ3v) is 3.34. The van der Waals surface area contributed by atoms with E-state index in [4.69, 9.17) is 0 Å². The third-order valence-electron chi connectivity index (χ3n) is 3.34. The molecule has 23 heavy (non-hydrogen) atoms. The van der Waals surface area contributed by atoms with Gasteiger partial charge in [-0.05, 0) is 20.0 Å². The van der Waals surface area contributed by atoms with E-state index in [9.17, 15) is 14.9 Å². The number of rotatable bonds is 6. The van der Waals surface area contributed by atoms with E-state index in [2.05, 4.69) is 10.4 Å². The van der Waals surface area contributed by atoms with Gasteiger partial charge in [0.2, 0.25) is 5.91 Å². The molecular formula is C15H19N5O3. The van der Waals surface area contributed by atoms with Crippen LogP contribution in [-0.4, -0.2) is 39.1 Å². The molecule has 1 N–H and O–H groups in total. The van der Waals surface area contributed by atoms with E-state index >= 15 is 0 Å². The monoisotopic (exact) mass is 317 g/mol. The second-order valence-electron chi connectivity index (χ2n) is 5.41. The molecule has 0 aliphatic rings. The van der Waals surface area contributed by atoms with Crippen LogP contribution in [0.4, 0.5) is 11.4 Å². The molecule has 1 aromatic carbocycles. The Morgan fingerprint density at radius 2 is 2.13 bits per heavy atom. The first-order chi connectivity index (χ1) is 10.9. The molecule has 0 bridgehead atoms. The Morgan fingerprint density at radius 1 is 1.43 bits per heavy atom. The summed E-state index contributed by atoms with van der Waals surface area (Å²) in [7, 11) is 3.66. The van der Waals surface area contributed by atoms with E-state index in [0.717, 1.165) is 11.3 Å². The summed E-state index contributed by atoms with van der Waals surface area (Å²) in [5.41, 5.74) is 2.03. The van der Waals surface area contributed by atoms with Gasteiger partial charge in [0.25, 0.3) is 5.69 Å². The van der Waals surface area contributed by atoms with Crippen LogP contribution in [0.3, 0.4) is 0 Å². The van der Waals surface area contributed by atoms with E-state index in [-0.39, 0.29) is 23.8 Å². The number of nitrogens with zero attached hydrogens (tertiary/aromatic N) is 4. The van der Waals surface area contributed by atoms with E-state index in [1.165, 1.54) is 12.1 Å². The van der Waals surface area contributed by atoms with Gasteiger partial charge in [-0.1, -0.05) is 12.1 Å². The first-order valence-electron chi connectivity index (χ1n) is 7.07. The number of likely N-dealkylation sites (N-methyl/N-ethyl adjacent to an activating group) is 1. The standard InChI is InChI=1S/C15H19N5O3/c1-11-12(9-19(3)17-11)8-18(2)10-15(21)16-13-6-4-5-7-14(13)20(22)23/h4-7,9H,8,10H2,1-3H3,(H,16,21). The topological polar surface area (TPSA) is 93.3 Å². The molecule has 0 fully saturated rings. The molecule has 0 spiro atoms. The minimum Gasteiger partial charge on any atom is -0.319 e. The molecule has 1 heterocycles. The van der Waals surface area contributed by atoms with Crippen molar-refractivity contribution < 1.29 is 9.72 Å². The predicted molar refractivity (Wildman–Crippen MR) is 86.0 cm³/mol. The van der Waals surface area contributed by atoms with Crippen molar-refractivity contribution in [1.82, 2.24) is 14.7 Å². The summed E-state index contributed by atoms with van der Waals surface area (Å²) in [4.78, 5) is 24.3. The Kier molecular flexibility index (Phi) is 5.07. The minimum absolute atomic E-state index is 0.119. The lowest BCUT2D eigenvalue weighted by molar-refractivity contribution is -0.383. The number of para-hydroxylation sites is 2. The van der Waals surface area contributed by atoms with Crippen LogP contribution in [0.25, 0.3) is 0 Å². The summed E-state index contributed by atoms with van der Waals surface area (Å²) in [5.74, 6) is -0.302. The Hall–Kier alpha value is -2.74. The Morgan fingerprint density at radius 3 is 2.74 bits per heavy atom. The summed E-state index contributed by atoms with van der Waals surface area (Å²) in [6, 6.07) is 6.08. The summed E-state index contributed by atoms with van der Waals surface area (Å²) < 4.78 is 1.73. The van der Waals surface area contributed by atoms with Gasteiger partial charge in [0.05, 0.1) is 17.2 Å². The van der Waals surface area contributed by atoms with Crippen LogP contribution >= 0.6 is 0 Å². The first-order valence-corrected chi connectivity index (χ1v) is 7.07. The van der Waals surface area contributed by atoms with Gasteiger partial charge in [-0.15, -0.1) is 0 Å². The van der Waals surface area contributed by atoms with Gasteiger partial charge in [0.15, 0.2) is 0 Å². The van der Waals surface area contributed by atoms with Crippen molar-refractivity contribution in [3.8, 4) is 0 Å². The van der Waals surface area contributed by atoms with E-state index < -0.39 is 4.92 Å². The number of amides is 1. The molecule has 0 saturated carbocycles. The van der Waals surface area contributed by atoms with Gasteiger partial charge in [-0.3, -0.25) is 24.5 Å². The Labute approximate surface area is 133 Å². The number of nitro benzene ring substituents is 1. The van der Waals surface area contributed by atoms with Gasteiger partial charge >= 0.3 is 0 Å². The number of hydrogen-bond acceptors (Lipinski definition) is 5. The maximum Gasteiger partial charge on any atom is 0.292 e. The number of nitro groups is 1. The number of hydrogen-bond donors (Lipinski definition) is 1. The highest BCUT2D eigenvalue weighted by Crippen LogP contribution is 2.23. The van der Waals surface area contributed by atoms with Gasteiger partial charge in [0.1, 0.15) is 5.69 Å². The van der Waals surface area contributed by atoms with Crippen LogP contribution in [-0.2, 0) is 18.4 Å².